The average Bonchev–Trinajstić information content (AvgIpc) is 1.12. The Hall–Kier alpha value is 1.34. The molecule has 0 atom stereocenters. The zero-order valence-corrected chi connectivity index (χ0v) is 7.43. The van der Waals surface area contributed by atoms with Crippen molar-refractivity contribution in [3.8, 4) is 0 Å². The standard InChI is InChI=1S/Cu.Li.2H3O4P.H/c;;2*1-5(2,3)4;/h;;2*(H3,1,2,3,4);. The molecular formula is H7CuLiO8P2. The summed E-state index contributed by atoms with van der Waals surface area (Å²) in [5, 5.41) is 0. The van der Waals surface area contributed by atoms with Crippen LogP contribution in [0.4, 0.5) is 0 Å². The van der Waals surface area contributed by atoms with Gasteiger partial charge in [0.05, 0.1) is 0 Å². The van der Waals surface area contributed by atoms with Gasteiger partial charge in [-0.25, -0.2) is 9.13 Å². The molecule has 0 aromatic heterocycles. The van der Waals surface area contributed by atoms with Gasteiger partial charge in [0.15, 0.2) is 0 Å². The maximum absolute atomic E-state index is 8.88. The SMILES string of the molecule is O=P(O)(O)O.O=P(O)(O)O.[Cu].[LiH]. The van der Waals surface area contributed by atoms with Gasteiger partial charge in [0, 0.05) is 17.1 Å². The quantitative estimate of drug-likeness (QED) is 0.208. The molecule has 0 saturated carbocycles. The van der Waals surface area contributed by atoms with Gasteiger partial charge < -0.3 is 29.4 Å². The number of hydrogen-bond acceptors (Lipinski definition) is 2. The van der Waals surface area contributed by atoms with Crippen LogP contribution in [0.1, 0.15) is 0 Å². The Morgan fingerprint density at radius 2 is 0.667 bits per heavy atom. The van der Waals surface area contributed by atoms with Crippen molar-refractivity contribution in [2.75, 3.05) is 0 Å². The third-order valence-electron chi connectivity index (χ3n) is 0. The summed E-state index contributed by atoms with van der Waals surface area (Å²) < 4.78 is 17.8. The van der Waals surface area contributed by atoms with Crippen LogP contribution in [0.2, 0.25) is 0 Å². The first-order valence-electron chi connectivity index (χ1n) is 1.57. The van der Waals surface area contributed by atoms with E-state index in [4.69, 9.17) is 38.5 Å². The molecule has 0 saturated heterocycles. The minimum atomic E-state index is -4.64. The van der Waals surface area contributed by atoms with Crippen molar-refractivity contribution in [1.82, 2.24) is 0 Å². The van der Waals surface area contributed by atoms with Crippen LogP contribution in [0.5, 0.6) is 0 Å². The fraction of sp³-hybridized carbons (Fsp3) is 0. The van der Waals surface area contributed by atoms with E-state index in [1.165, 1.54) is 0 Å². The molecule has 0 bridgehead atoms. The van der Waals surface area contributed by atoms with Crippen molar-refractivity contribution in [3.63, 3.8) is 0 Å². The fourth-order valence-corrected chi connectivity index (χ4v) is 0. The summed E-state index contributed by atoms with van der Waals surface area (Å²) in [6.45, 7) is 0. The van der Waals surface area contributed by atoms with E-state index < -0.39 is 15.6 Å². The van der Waals surface area contributed by atoms with Crippen LogP contribution in [0.15, 0.2) is 0 Å². The molecule has 0 aromatic carbocycles. The Bertz CT molecular complexity index is 129. The van der Waals surface area contributed by atoms with E-state index in [9.17, 15) is 0 Å². The van der Waals surface area contributed by atoms with Gasteiger partial charge >= 0.3 is 34.5 Å². The van der Waals surface area contributed by atoms with Crippen LogP contribution in [-0.4, -0.2) is 48.2 Å². The molecule has 0 aliphatic rings. The third-order valence-corrected chi connectivity index (χ3v) is 0. The second-order valence-corrected chi connectivity index (χ2v) is 3.08. The number of phosphoric acid groups is 2. The first kappa shape index (κ1) is 23.3. The molecule has 1 radical (unpaired) electrons. The number of rotatable bonds is 0. The zero-order valence-electron chi connectivity index (χ0n) is 4.70. The zero-order chi connectivity index (χ0) is 9.00. The molecule has 0 aromatic rings. The van der Waals surface area contributed by atoms with E-state index in [2.05, 4.69) is 0 Å². The van der Waals surface area contributed by atoms with Crippen LogP contribution < -0.4 is 0 Å². The molecule has 0 amide bonds. The molecular weight excluding hydrogens is 260 g/mol. The third kappa shape index (κ3) is 678. The summed E-state index contributed by atoms with van der Waals surface area (Å²) in [4.78, 5) is 43.1. The Labute approximate surface area is 90.1 Å². The van der Waals surface area contributed by atoms with Gasteiger partial charge in [0.25, 0.3) is 0 Å². The van der Waals surface area contributed by atoms with Crippen LogP contribution in [0, 0.1) is 0 Å². The minimum absolute atomic E-state index is 0. The summed E-state index contributed by atoms with van der Waals surface area (Å²) in [5.74, 6) is 0. The van der Waals surface area contributed by atoms with Gasteiger partial charge in [-0.3, -0.25) is 0 Å². The summed E-state index contributed by atoms with van der Waals surface area (Å²) in [5.41, 5.74) is 0. The van der Waals surface area contributed by atoms with Crippen LogP contribution in [-0.2, 0) is 26.2 Å². The Balaban J connectivity index is -0.0000000457. The molecule has 0 heterocycles. The Kier molecular flexibility index (Phi) is 17.3. The van der Waals surface area contributed by atoms with Crippen molar-refractivity contribution < 1.29 is 55.6 Å². The van der Waals surface area contributed by atoms with Gasteiger partial charge in [-0.2, -0.15) is 0 Å². The van der Waals surface area contributed by atoms with Gasteiger partial charge in [-0.15, -0.1) is 0 Å². The Morgan fingerprint density at radius 1 is 0.667 bits per heavy atom. The predicted molar refractivity (Wildman–Crippen MR) is 35.7 cm³/mol. The molecule has 8 nitrogen and oxygen atoms in total. The van der Waals surface area contributed by atoms with E-state index >= 15 is 0 Å². The Morgan fingerprint density at radius 3 is 0.667 bits per heavy atom. The normalized spacial score (nSPS) is 9.83. The molecule has 0 unspecified atom stereocenters. The van der Waals surface area contributed by atoms with Crippen LogP contribution in [0.3, 0.4) is 0 Å². The molecule has 12 heavy (non-hydrogen) atoms. The monoisotopic (exact) mass is 267 g/mol. The predicted octanol–water partition coefficient (Wildman–Crippen LogP) is -2.51. The second-order valence-electron chi connectivity index (χ2n) is 1.03. The van der Waals surface area contributed by atoms with E-state index in [0.29, 0.717) is 0 Å². The van der Waals surface area contributed by atoms with E-state index in [1.54, 1.807) is 0 Å². The molecule has 0 aliphatic heterocycles. The average molecular weight is 267 g/mol. The second kappa shape index (κ2) is 8.91. The van der Waals surface area contributed by atoms with E-state index in [1.807, 2.05) is 0 Å². The van der Waals surface area contributed by atoms with E-state index in [0.717, 1.165) is 0 Å². The van der Waals surface area contributed by atoms with Crippen LogP contribution >= 0.6 is 15.6 Å². The molecule has 0 aliphatic carbocycles. The molecule has 0 rings (SSSR count). The van der Waals surface area contributed by atoms with Crippen molar-refractivity contribution >= 4 is 34.5 Å². The van der Waals surface area contributed by atoms with Crippen molar-refractivity contribution in [1.29, 1.82) is 0 Å². The summed E-state index contributed by atoms with van der Waals surface area (Å²) in [6, 6.07) is 0. The molecule has 77 valence electrons. The maximum atomic E-state index is 8.88. The van der Waals surface area contributed by atoms with Crippen LogP contribution in [0.25, 0.3) is 0 Å². The van der Waals surface area contributed by atoms with Gasteiger partial charge in [-0.1, -0.05) is 0 Å². The molecule has 12 heteroatoms. The van der Waals surface area contributed by atoms with Crippen molar-refractivity contribution in [3.05, 3.63) is 0 Å². The molecule has 0 fully saturated rings. The summed E-state index contributed by atoms with van der Waals surface area (Å²) in [6.07, 6.45) is 0. The van der Waals surface area contributed by atoms with E-state index in [-0.39, 0.29) is 35.9 Å². The van der Waals surface area contributed by atoms with Crippen molar-refractivity contribution in [2.45, 2.75) is 0 Å². The van der Waals surface area contributed by atoms with Crippen molar-refractivity contribution in [2.24, 2.45) is 0 Å². The van der Waals surface area contributed by atoms with Gasteiger partial charge in [-0.05, 0) is 0 Å². The first-order chi connectivity index (χ1) is 4.00. The summed E-state index contributed by atoms with van der Waals surface area (Å²) >= 11 is 0. The topological polar surface area (TPSA) is 156 Å². The fourth-order valence-electron chi connectivity index (χ4n) is 0. The molecule has 0 spiro atoms. The first-order valence-corrected chi connectivity index (χ1v) is 4.70. The number of hydrogen-bond donors (Lipinski definition) is 6. The summed E-state index contributed by atoms with van der Waals surface area (Å²) in [7, 11) is -9.28. The van der Waals surface area contributed by atoms with Gasteiger partial charge in [0.2, 0.25) is 0 Å². The molecule has 6 N–H and O–H groups in total. The van der Waals surface area contributed by atoms with Gasteiger partial charge in [0.1, 0.15) is 0 Å².